The highest BCUT2D eigenvalue weighted by atomic mass is 16.5. The van der Waals surface area contributed by atoms with Gasteiger partial charge in [-0.2, -0.15) is 4.99 Å². The van der Waals surface area contributed by atoms with E-state index in [9.17, 15) is 0 Å². The van der Waals surface area contributed by atoms with Gasteiger partial charge >= 0.3 is 6.02 Å². The second-order valence-electron chi connectivity index (χ2n) is 1.55. The molecule has 0 heterocycles. The molecule has 4 heteroatoms. The number of rotatable bonds is 0. The third-order valence-electron chi connectivity index (χ3n) is 0.922. The van der Waals surface area contributed by atoms with Crippen molar-refractivity contribution >= 4 is 11.9 Å². The van der Waals surface area contributed by atoms with Gasteiger partial charge in [-0.15, -0.1) is 0 Å². The van der Waals surface area contributed by atoms with E-state index in [-0.39, 0.29) is 0 Å². The Balaban J connectivity index is 4.08. The number of hydrogen-bond donors (Lipinski definition) is 0. The van der Waals surface area contributed by atoms with E-state index in [0.29, 0.717) is 11.9 Å². The first-order valence-corrected chi connectivity index (χ1v) is 2.84. The summed E-state index contributed by atoms with van der Waals surface area (Å²) < 4.78 is 9.53. The van der Waals surface area contributed by atoms with E-state index in [1.165, 1.54) is 7.11 Å². The van der Waals surface area contributed by atoms with E-state index in [1.807, 2.05) is 0 Å². The van der Waals surface area contributed by atoms with Crippen LogP contribution in [0.1, 0.15) is 6.92 Å². The number of ether oxygens (including phenoxy) is 2. The highest BCUT2D eigenvalue weighted by molar-refractivity contribution is 5.88. The minimum atomic E-state index is 0.319. The molecular formula is C6H12N2O2. The summed E-state index contributed by atoms with van der Waals surface area (Å²) in [6.45, 7) is 1.73. The van der Waals surface area contributed by atoms with Crippen LogP contribution in [0, 0.1) is 0 Å². The molecule has 0 aromatic carbocycles. The molecule has 0 N–H and O–H groups in total. The van der Waals surface area contributed by atoms with E-state index in [4.69, 9.17) is 9.47 Å². The molecule has 0 radical (unpaired) electrons. The Morgan fingerprint density at radius 1 is 1.20 bits per heavy atom. The molecule has 0 saturated heterocycles. The van der Waals surface area contributed by atoms with Crippen LogP contribution < -0.4 is 0 Å². The van der Waals surface area contributed by atoms with Crippen LogP contribution in [0.5, 0.6) is 0 Å². The molecule has 0 aliphatic heterocycles. The smallest absolute Gasteiger partial charge is 0.314 e. The molecule has 4 nitrogen and oxygen atoms in total. The number of methoxy groups -OCH3 is 2. The fraction of sp³-hybridized carbons (Fsp3) is 0.667. The molecule has 0 aromatic rings. The van der Waals surface area contributed by atoms with E-state index < -0.39 is 0 Å². The van der Waals surface area contributed by atoms with Crippen molar-refractivity contribution in [3.8, 4) is 0 Å². The van der Waals surface area contributed by atoms with Crippen molar-refractivity contribution in [2.75, 3.05) is 21.3 Å². The van der Waals surface area contributed by atoms with E-state index >= 15 is 0 Å². The van der Waals surface area contributed by atoms with Crippen LogP contribution >= 0.6 is 0 Å². The van der Waals surface area contributed by atoms with Gasteiger partial charge < -0.3 is 9.47 Å². The molecule has 0 amide bonds. The lowest BCUT2D eigenvalue weighted by Gasteiger charge is -1.98. The Bertz CT molecular complexity index is 152. The van der Waals surface area contributed by atoms with E-state index in [0.717, 1.165) is 0 Å². The molecule has 0 rings (SSSR count). The molecule has 0 saturated carbocycles. The van der Waals surface area contributed by atoms with E-state index in [1.54, 1.807) is 21.1 Å². The second-order valence-corrected chi connectivity index (χ2v) is 1.55. The van der Waals surface area contributed by atoms with Gasteiger partial charge in [0.2, 0.25) is 0 Å². The molecule has 0 atom stereocenters. The summed E-state index contributed by atoms with van der Waals surface area (Å²) in [7, 11) is 4.65. The minimum absolute atomic E-state index is 0.319. The topological polar surface area (TPSA) is 43.2 Å². The van der Waals surface area contributed by atoms with Crippen LogP contribution in [0.25, 0.3) is 0 Å². The molecule has 0 aromatic heterocycles. The van der Waals surface area contributed by atoms with Crippen LogP contribution in [0.2, 0.25) is 0 Å². The van der Waals surface area contributed by atoms with Gasteiger partial charge in [-0.25, -0.2) is 4.99 Å². The first-order valence-electron chi connectivity index (χ1n) is 2.84. The fourth-order valence-electron chi connectivity index (χ4n) is 0.367. The van der Waals surface area contributed by atoms with Crippen molar-refractivity contribution in [2.24, 2.45) is 9.98 Å². The average Bonchev–Trinajstić information content (AvgIpc) is 1.99. The lowest BCUT2D eigenvalue weighted by atomic mass is 10.8. The SMILES string of the molecule is CN=C(/N=C(\C)OC)OC. The van der Waals surface area contributed by atoms with Gasteiger partial charge in [-0.3, -0.25) is 0 Å². The van der Waals surface area contributed by atoms with Gasteiger partial charge in [0.05, 0.1) is 14.2 Å². The lowest BCUT2D eigenvalue weighted by Crippen LogP contribution is -2.03. The summed E-state index contributed by atoms with van der Waals surface area (Å²) in [5.74, 6) is 0.530. The van der Waals surface area contributed by atoms with Crippen molar-refractivity contribution < 1.29 is 9.47 Å². The predicted octanol–water partition coefficient (Wildman–Crippen LogP) is 0.683. The maximum Gasteiger partial charge on any atom is 0.314 e. The van der Waals surface area contributed by atoms with Gasteiger partial charge in [0.25, 0.3) is 0 Å². The Kier molecular flexibility index (Phi) is 4.28. The quantitative estimate of drug-likeness (QED) is 0.370. The number of amidine groups is 1. The van der Waals surface area contributed by atoms with Crippen molar-refractivity contribution in [2.45, 2.75) is 6.92 Å². The van der Waals surface area contributed by atoms with Crippen LogP contribution in [0.3, 0.4) is 0 Å². The molecule has 0 fully saturated rings. The standard InChI is InChI=1S/C6H12N2O2/c1-5(9-3)8-6(7-2)10-4/h1-4H3/b7-6?,8-5+. The molecular weight excluding hydrogens is 132 g/mol. The van der Waals surface area contributed by atoms with Crippen LogP contribution in [0.15, 0.2) is 9.98 Å². The maximum atomic E-state index is 4.77. The summed E-state index contributed by atoms with van der Waals surface area (Å²) in [4.78, 5) is 7.58. The van der Waals surface area contributed by atoms with Crippen molar-refractivity contribution in [1.29, 1.82) is 0 Å². The predicted molar refractivity (Wildman–Crippen MR) is 40.5 cm³/mol. The zero-order chi connectivity index (χ0) is 7.98. The first-order chi connectivity index (χ1) is 4.74. The summed E-state index contributed by atoms with van der Waals surface area (Å²) in [5, 5.41) is 0. The maximum absolute atomic E-state index is 4.77. The molecule has 0 aliphatic carbocycles. The van der Waals surface area contributed by atoms with Crippen LogP contribution in [0.4, 0.5) is 0 Å². The summed E-state index contributed by atoms with van der Waals surface area (Å²) >= 11 is 0. The number of aliphatic imine (C=N–C) groups is 2. The van der Waals surface area contributed by atoms with Crippen LogP contribution in [-0.2, 0) is 9.47 Å². The Morgan fingerprint density at radius 3 is 2.10 bits per heavy atom. The van der Waals surface area contributed by atoms with Gasteiger partial charge in [0, 0.05) is 14.0 Å². The zero-order valence-electron chi connectivity index (χ0n) is 6.71. The highest BCUT2D eigenvalue weighted by Gasteiger charge is 1.92. The molecule has 58 valence electrons. The average molecular weight is 144 g/mol. The largest absolute Gasteiger partial charge is 0.484 e. The Labute approximate surface area is 60.6 Å². The summed E-state index contributed by atoms with van der Waals surface area (Å²) in [6, 6.07) is 0.319. The van der Waals surface area contributed by atoms with Crippen molar-refractivity contribution in [3.05, 3.63) is 0 Å². The number of hydrogen-bond acceptors (Lipinski definition) is 3. The second kappa shape index (κ2) is 4.78. The molecule has 0 bridgehead atoms. The fourth-order valence-corrected chi connectivity index (χ4v) is 0.367. The van der Waals surface area contributed by atoms with E-state index in [2.05, 4.69) is 9.98 Å². The minimum Gasteiger partial charge on any atom is -0.484 e. The monoisotopic (exact) mass is 144 g/mol. The Hall–Kier alpha value is -1.06. The van der Waals surface area contributed by atoms with Crippen molar-refractivity contribution in [1.82, 2.24) is 0 Å². The molecule has 10 heavy (non-hydrogen) atoms. The normalized spacial score (nSPS) is 13.2. The molecule has 0 aliphatic rings. The summed E-state index contributed by atoms with van der Waals surface area (Å²) in [5.41, 5.74) is 0. The van der Waals surface area contributed by atoms with Gasteiger partial charge in [0.1, 0.15) is 0 Å². The Morgan fingerprint density at radius 2 is 1.80 bits per heavy atom. The van der Waals surface area contributed by atoms with Gasteiger partial charge in [0.15, 0.2) is 5.90 Å². The third kappa shape index (κ3) is 3.06. The van der Waals surface area contributed by atoms with Gasteiger partial charge in [-0.05, 0) is 0 Å². The lowest BCUT2D eigenvalue weighted by molar-refractivity contribution is 0.381. The molecule has 0 spiro atoms. The highest BCUT2D eigenvalue weighted by Crippen LogP contribution is 1.84. The van der Waals surface area contributed by atoms with Crippen LogP contribution in [-0.4, -0.2) is 33.2 Å². The summed E-state index contributed by atoms with van der Waals surface area (Å²) in [6.07, 6.45) is 0. The third-order valence-corrected chi connectivity index (χ3v) is 0.922. The first kappa shape index (κ1) is 8.94. The van der Waals surface area contributed by atoms with Gasteiger partial charge in [-0.1, -0.05) is 0 Å². The number of nitrogens with zero attached hydrogens (tertiary/aromatic N) is 2. The zero-order valence-corrected chi connectivity index (χ0v) is 6.71. The van der Waals surface area contributed by atoms with Crippen molar-refractivity contribution in [3.63, 3.8) is 0 Å². The molecule has 0 unspecified atom stereocenters.